The van der Waals surface area contributed by atoms with Crippen LogP contribution in [0.4, 0.5) is 10.1 Å². The summed E-state index contributed by atoms with van der Waals surface area (Å²) in [5.41, 5.74) is 0.162. The van der Waals surface area contributed by atoms with Crippen LogP contribution in [0.3, 0.4) is 0 Å². The van der Waals surface area contributed by atoms with Gasteiger partial charge in [-0.15, -0.1) is 0 Å². The van der Waals surface area contributed by atoms with Gasteiger partial charge in [-0.05, 0) is 51.1 Å². The van der Waals surface area contributed by atoms with E-state index in [2.05, 4.69) is 21.2 Å². The van der Waals surface area contributed by atoms with Crippen LogP contribution in [-0.2, 0) is 14.3 Å². The Morgan fingerprint density at radius 3 is 2.61 bits per heavy atom. The Hall–Kier alpha value is -1.47. The summed E-state index contributed by atoms with van der Waals surface area (Å²) in [5, 5.41) is 2.61. The van der Waals surface area contributed by atoms with E-state index in [0.717, 1.165) is 0 Å². The predicted octanol–water partition coefficient (Wildman–Crippen LogP) is 2.80. The fourth-order valence-corrected chi connectivity index (χ4v) is 3.02. The highest BCUT2D eigenvalue weighted by molar-refractivity contribution is 9.10. The van der Waals surface area contributed by atoms with Crippen molar-refractivity contribution in [1.82, 2.24) is 4.90 Å². The number of carbonyl (C=O) groups excluding carboxylic acids is 2. The topological polar surface area (TPSA) is 58.6 Å². The van der Waals surface area contributed by atoms with Crippen LogP contribution in [0.2, 0.25) is 0 Å². The van der Waals surface area contributed by atoms with Crippen LogP contribution < -0.4 is 5.32 Å². The molecule has 1 saturated heterocycles. The number of nitrogens with zero attached hydrogens (tertiary/aromatic N) is 1. The van der Waals surface area contributed by atoms with E-state index >= 15 is 0 Å². The van der Waals surface area contributed by atoms with Crippen LogP contribution in [0, 0.1) is 11.7 Å². The van der Waals surface area contributed by atoms with Gasteiger partial charge in [0.05, 0.1) is 24.8 Å². The standard InChI is InChI=1S/C16H20BrFN2O3/c1-10(20-7-5-11(6-8-20)16(22)23-2)15(21)19-14-4-3-12(17)9-13(14)18/h3-4,9-11H,5-8H2,1-2H3,(H,19,21)/t10-/m0/s1. The number of rotatable bonds is 4. The maximum atomic E-state index is 13.8. The minimum atomic E-state index is -0.482. The molecular formula is C16H20BrFN2O3. The number of halogens is 2. The number of likely N-dealkylation sites (tertiary alicyclic amines) is 1. The van der Waals surface area contributed by atoms with Crippen molar-refractivity contribution in [1.29, 1.82) is 0 Å². The molecule has 0 aliphatic carbocycles. The van der Waals surface area contributed by atoms with Gasteiger partial charge in [0.25, 0.3) is 0 Å². The lowest BCUT2D eigenvalue weighted by Crippen LogP contribution is -2.47. The highest BCUT2D eigenvalue weighted by Gasteiger charge is 2.30. The number of piperidine rings is 1. The molecule has 1 fully saturated rings. The van der Waals surface area contributed by atoms with Crippen LogP contribution in [-0.4, -0.2) is 43.0 Å². The van der Waals surface area contributed by atoms with Crippen LogP contribution >= 0.6 is 15.9 Å². The summed E-state index contributed by atoms with van der Waals surface area (Å²) in [7, 11) is 1.39. The van der Waals surface area contributed by atoms with Crippen molar-refractivity contribution in [3.05, 3.63) is 28.5 Å². The zero-order valence-electron chi connectivity index (χ0n) is 13.1. The fourth-order valence-electron chi connectivity index (χ4n) is 2.68. The number of esters is 1. The molecule has 0 spiro atoms. The number of benzene rings is 1. The molecular weight excluding hydrogens is 367 g/mol. The highest BCUT2D eigenvalue weighted by Crippen LogP contribution is 2.22. The number of amides is 1. The molecule has 0 unspecified atom stereocenters. The second kappa shape index (κ2) is 7.88. The third-order valence-corrected chi connectivity index (χ3v) is 4.67. The molecule has 0 saturated carbocycles. The zero-order chi connectivity index (χ0) is 17.0. The van der Waals surface area contributed by atoms with E-state index < -0.39 is 11.9 Å². The minimum Gasteiger partial charge on any atom is -0.469 e. The van der Waals surface area contributed by atoms with Gasteiger partial charge in [0, 0.05) is 4.47 Å². The molecule has 1 aromatic rings. The Morgan fingerprint density at radius 2 is 2.04 bits per heavy atom. The zero-order valence-corrected chi connectivity index (χ0v) is 14.7. The molecule has 1 amide bonds. The summed E-state index contributed by atoms with van der Waals surface area (Å²) in [4.78, 5) is 25.8. The Kier molecular flexibility index (Phi) is 6.12. The van der Waals surface area contributed by atoms with Gasteiger partial charge in [0.2, 0.25) is 5.91 Å². The highest BCUT2D eigenvalue weighted by atomic mass is 79.9. The number of methoxy groups -OCH3 is 1. The lowest BCUT2D eigenvalue weighted by atomic mass is 9.96. The molecule has 1 aliphatic heterocycles. The first-order valence-corrected chi connectivity index (χ1v) is 8.29. The summed E-state index contributed by atoms with van der Waals surface area (Å²) >= 11 is 3.18. The molecule has 0 aromatic heterocycles. The lowest BCUT2D eigenvalue weighted by molar-refractivity contribution is -0.147. The van der Waals surface area contributed by atoms with Crippen molar-refractivity contribution in [3.8, 4) is 0 Å². The Labute approximate surface area is 143 Å². The summed E-state index contributed by atoms with van der Waals surface area (Å²) < 4.78 is 19.2. The monoisotopic (exact) mass is 386 g/mol. The normalized spacial score (nSPS) is 17.6. The van der Waals surface area contributed by atoms with E-state index in [1.807, 2.05) is 4.90 Å². The van der Waals surface area contributed by atoms with E-state index in [1.54, 1.807) is 13.0 Å². The van der Waals surface area contributed by atoms with Gasteiger partial charge in [-0.1, -0.05) is 15.9 Å². The molecule has 126 valence electrons. The van der Waals surface area contributed by atoms with Gasteiger partial charge < -0.3 is 10.1 Å². The molecule has 0 bridgehead atoms. The first kappa shape index (κ1) is 17.9. The molecule has 1 aliphatic rings. The number of hydrogen-bond donors (Lipinski definition) is 1. The van der Waals surface area contributed by atoms with E-state index in [-0.39, 0.29) is 23.5 Å². The summed E-state index contributed by atoms with van der Waals surface area (Å²) in [6.07, 6.45) is 1.33. The van der Waals surface area contributed by atoms with E-state index in [9.17, 15) is 14.0 Å². The number of hydrogen-bond acceptors (Lipinski definition) is 4. The van der Waals surface area contributed by atoms with Crippen molar-refractivity contribution >= 4 is 33.5 Å². The van der Waals surface area contributed by atoms with Gasteiger partial charge in [0.1, 0.15) is 5.82 Å². The van der Waals surface area contributed by atoms with Crippen molar-refractivity contribution in [2.75, 3.05) is 25.5 Å². The third-order valence-electron chi connectivity index (χ3n) is 4.18. The average Bonchev–Trinajstić information content (AvgIpc) is 2.56. The van der Waals surface area contributed by atoms with Crippen LogP contribution in [0.25, 0.3) is 0 Å². The quantitative estimate of drug-likeness (QED) is 0.808. The van der Waals surface area contributed by atoms with Gasteiger partial charge in [-0.25, -0.2) is 4.39 Å². The maximum absolute atomic E-state index is 13.8. The average molecular weight is 387 g/mol. The van der Waals surface area contributed by atoms with Crippen LogP contribution in [0.5, 0.6) is 0 Å². The number of anilines is 1. The molecule has 1 aromatic carbocycles. The lowest BCUT2D eigenvalue weighted by Gasteiger charge is -2.34. The van der Waals surface area contributed by atoms with Crippen LogP contribution in [0.15, 0.2) is 22.7 Å². The first-order chi connectivity index (χ1) is 10.9. The van der Waals surface area contributed by atoms with Crippen molar-refractivity contribution in [2.24, 2.45) is 5.92 Å². The second-order valence-corrected chi connectivity index (χ2v) is 6.54. The largest absolute Gasteiger partial charge is 0.469 e. The predicted molar refractivity (Wildman–Crippen MR) is 88.5 cm³/mol. The first-order valence-electron chi connectivity index (χ1n) is 7.50. The maximum Gasteiger partial charge on any atom is 0.308 e. The van der Waals surface area contributed by atoms with E-state index in [0.29, 0.717) is 30.4 Å². The Balaban J connectivity index is 1.92. The number of ether oxygens (including phenoxy) is 1. The van der Waals surface area contributed by atoms with Gasteiger partial charge in [-0.3, -0.25) is 14.5 Å². The fraction of sp³-hybridized carbons (Fsp3) is 0.500. The van der Waals surface area contributed by atoms with Crippen molar-refractivity contribution in [2.45, 2.75) is 25.8 Å². The molecule has 1 N–H and O–H groups in total. The van der Waals surface area contributed by atoms with Crippen LogP contribution in [0.1, 0.15) is 19.8 Å². The molecule has 2 rings (SSSR count). The molecule has 7 heteroatoms. The third kappa shape index (κ3) is 4.51. The summed E-state index contributed by atoms with van der Waals surface area (Å²) in [6.45, 7) is 3.05. The minimum absolute atomic E-state index is 0.101. The van der Waals surface area contributed by atoms with Gasteiger partial charge >= 0.3 is 5.97 Å². The Bertz CT molecular complexity index is 589. The SMILES string of the molecule is COC(=O)C1CCN([C@@H](C)C(=O)Nc2ccc(Br)cc2F)CC1. The molecule has 23 heavy (non-hydrogen) atoms. The number of nitrogens with one attached hydrogen (secondary N) is 1. The smallest absolute Gasteiger partial charge is 0.308 e. The Morgan fingerprint density at radius 1 is 1.39 bits per heavy atom. The van der Waals surface area contributed by atoms with Gasteiger partial charge in [-0.2, -0.15) is 0 Å². The van der Waals surface area contributed by atoms with Gasteiger partial charge in [0.15, 0.2) is 0 Å². The summed E-state index contributed by atoms with van der Waals surface area (Å²) in [6, 6.07) is 4.11. The number of carbonyl (C=O) groups is 2. The molecule has 0 radical (unpaired) electrons. The van der Waals surface area contributed by atoms with E-state index in [1.165, 1.54) is 19.2 Å². The molecule has 1 atom stereocenters. The van der Waals surface area contributed by atoms with Crippen molar-refractivity contribution < 1.29 is 18.7 Å². The second-order valence-electron chi connectivity index (χ2n) is 5.62. The molecule has 5 nitrogen and oxygen atoms in total. The van der Waals surface area contributed by atoms with Crippen molar-refractivity contribution in [3.63, 3.8) is 0 Å². The molecule has 1 heterocycles. The summed E-state index contributed by atoms with van der Waals surface area (Å²) in [5.74, 6) is -1.04. The van der Waals surface area contributed by atoms with E-state index in [4.69, 9.17) is 4.74 Å².